The van der Waals surface area contributed by atoms with Crippen LogP contribution in [0, 0.1) is 0 Å². The fraction of sp³-hybridized carbons (Fsp3) is 0.667. The molecule has 0 bridgehead atoms. The van der Waals surface area contributed by atoms with Crippen LogP contribution in [0.15, 0.2) is 24.3 Å². The summed E-state index contributed by atoms with van der Waals surface area (Å²) in [5, 5.41) is 5.46. The van der Waals surface area contributed by atoms with Crippen LogP contribution in [0.2, 0.25) is 5.02 Å². The molecule has 1 saturated heterocycles. The lowest BCUT2D eigenvalue weighted by Crippen LogP contribution is -2.44. The first-order chi connectivity index (χ1) is 12.7. The molecule has 0 saturated carbocycles. The molecule has 146 valence electrons. The Morgan fingerprint density at radius 1 is 1.19 bits per heavy atom. The van der Waals surface area contributed by atoms with E-state index in [2.05, 4.69) is 28.9 Å². The molecule has 26 heavy (non-hydrogen) atoms. The molecule has 1 aliphatic rings. The molecule has 2 rings (SSSR count). The molecule has 1 aromatic rings. The van der Waals surface area contributed by atoms with Gasteiger partial charge in [-0.2, -0.15) is 0 Å². The molecule has 0 aromatic heterocycles. The average Bonchev–Trinajstić information content (AvgIpc) is 2.64. The van der Waals surface area contributed by atoms with Crippen LogP contribution >= 0.6 is 35.6 Å². The number of nitrogens with one attached hydrogen (secondary N) is 1. The van der Waals surface area contributed by atoms with E-state index in [9.17, 15) is 0 Å². The molecular formula is C21H33ClN2S2. The number of benzene rings is 1. The summed E-state index contributed by atoms with van der Waals surface area (Å²) < 4.78 is 0. The third-order valence-electron chi connectivity index (χ3n) is 4.84. The molecule has 1 fully saturated rings. The molecule has 5 heteroatoms. The Kier molecular flexibility index (Phi) is 10.8. The second kappa shape index (κ2) is 12.9. The predicted molar refractivity (Wildman–Crippen MR) is 122 cm³/mol. The number of halogens is 1. The van der Waals surface area contributed by atoms with Crippen LogP contribution in [0.4, 0.5) is 5.69 Å². The highest BCUT2D eigenvalue weighted by Crippen LogP contribution is 2.28. The van der Waals surface area contributed by atoms with E-state index < -0.39 is 0 Å². The summed E-state index contributed by atoms with van der Waals surface area (Å²) in [6.07, 6.45) is 13.4. The molecule has 1 heterocycles. The third-order valence-corrected chi connectivity index (χ3v) is 6.81. The van der Waals surface area contributed by atoms with Gasteiger partial charge in [0, 0.05) is 17.3 Å². The Balaban J connectivity index is 1.71. The van der Waals surface area contributed by atoms with Crippen molar-refractivity contribution in [3.63, 3.8) is 0 Å². The lowest BCUT2D eigenvalue weighted by molar-refractivity contribution is 0.364. The maximum atomic E-state index is 6.08. The summed E-state index contributed by atoms with van der Waals surface area (Å²) in [6, 6.07) is 7.79. The SMILES string of the molecule is CCCCCCCCCCC1SCCCN1C(=S)Nc1cccc(Cl)c1. The minimum atomic E-state index is 0.517. The van der Waals surface area contributed by atoms with Crippen molar-refractivity contribution < 1.29 is 0 Å². The van der Waals surface area contributed by atoms with Crippen LogP contribution in [0.3, 0.4) is 0 Å². The van der Waals surface area contributed by atoms with E-state index in [1.165, 1.54) is 70.0 Å². The molecule has 2 nitrogen and oxygen atoms in total. The molecule has 0 spiro atoms. The highest BCUT2D eigenvalue weighted by molar-refractivity contribution is 7.99. The van der Waals surface area contributed by atoms with Gasteiger partial charge in [-0.25, -0.2) is 0 Å². The maximum Gasteiger partial charge on any atom is 0.174 e. The fourth-order valence-corrected chi connectivity index (χ4v) is 5.26. The van der Waals surface area contributed by atoms with Gasteiger partial charge in [-0.3, -0.25) is 0 Å². The van der Waals surface area contributed by atoms with Crippen molar-refractivity contribution in [3.8, 4) is 0 Å². The van der Waals surface area contributed by atoms with Gasteiger partial charge in [0.2, 0.25) is 0 Å². The summed E-state index contributed by atoms with van der Waals surface area (Å²) in [6.45, 7) is 3.33. The highest BCUT2D eigenvalue weighted by Gasteiger charge is 2.24. The number of hydrogen-bond acceptors (Lipinski definition) is 2. The first-order valence-corrected chi connectivity index (χ1v) is 12.0. The van der Waals surface area contributed by atoms with Crippen LogP contribution in [-0.4, -0.2) is 27.7 Å². The van der Waals surface area contributed by atoms with Crippen molar-refractivity contribution in [1.29, 1.82) is 0 Å². The third kappa shape index (κ3) is 8.06. The summed E-state index contributed by atoms with van der Waals surface area (Å²) in [4.78, 5) is 2.38. The molecule has 0 aliphatic carbocycles. The number of unbranched alkanes of at least 4 members (excludes halogenated alkanes) is 7. The lowest BCUT2D eigenvalue weighted by Gasteiger charge is -2.37. The van der Waals surface area contributed by atoms with E-state index in [-0.39, 0.29) is 0 Å². The van der Waals surface area contributed by atoms with Gasteiger partial charge in [-0.15, -0.1) is 11.8 Å². The van der Waals surface area contributed by atoms with Crippen LogP contribution < -0.4 is 5.32 Å². The normalized spacial score (nSPS) is 17.3. The largest absolute Gasteiger partial charge is 0.337 e. The average molecular weight is 413 g/mol. The van der Waals surface area contributed by atoms with Crippen molar-refractivity contribution >= 4 is 46.4 Å². The zero-order chi connectivity index (χ0) is 18.6. The van der Waals surface area contributed by atoms with Gasteiger partial charge < -0.3 is 10.2 Å². The van der Waals surface area contributed by atoms with Gasteiger partial charge in [0.1, 0.15) is 0 Å². The Morgan fingerprint density at radius 3 is 2.65 bits per heavy atom. The van der Waals surface area contributed by atoms with Gasteiger partial charge in [0.25, 0.3) is 0 Å². The fourth-order valence-electron chi connectivity index (χ4n) is 3.37. The topological polar surface area (TPSA) is 15.3 Å². The smallest absolute Gasteiger partial charge is 0.174 e. The van der Waals surface area contributed by atoms with E-state index in [1.807, 2.05) is 24.3 Å². The second-order valence-corrected chi connectivity index (χ2v) is 9.19. The Bertz CT molecular complexity index is 538. The maximum absolute atomic E-state index is 6.08. The zero-order valence-corrected chi connectivity index (χ0v) is 18.4. The van der Waals surface area contributed by atoms with E-state index in [1.54, 1.807) is 0 Å². The van der Waals surface area contributed by atoms with E-state index in [0.29, 0.717) is 5.37 Å². The van der Waals surface area contributed by atoms with Crippen LogP contribution in [-0.2, 0) is 0 Å². The second-order valence-electron chi connectivity index (χ2n) is 7.08. The number of nitrogens with zero attached hydrogens (tertiary/aromatic N) is 1. The minimum Gasteiger partial charge on any atom is -0.337 e. The van der Waals surface area contributed by atoms with E-state index >= 15 is 0 Å². The number of rotatable bonds is 10. The number of anilines is 1. The summed E-state index contributed by atoms with van der Waals surface area (Å²) in [5.74, 6) is 1.25. The Labute approximate surface area is 174 Å². The number of hydrogen-bond donors (Lipinski definition) is 1. The standard InChI is InChI=1S/C21H33ClN2S2/c1-2-3-4-5-6-7-8-9-14-20-24(15-11-16-26-20)21(25)23-19-13-10-12-18(22)17-19/h10,12-13,17,20H,2-9,11,14-16H2,1H3,(H,23,25). The zero-order valence-electron chi connectivity index (χ0n) is 16.0. The number of thioether (sulfide) groups is 1. The molecule has 1 atom stereocenters. The highest BCUT2D eigenvalue weighted by atomic mass is 35.5. The Morgan fingerprint density at radius 2 is 1.92 bits per heavy atom. The van der Waals surface area contributed by atoms with E-state index in [4.69, 9.17) is 23.8 Å². The molecule has 0 radical (unpaired) electrons. The van der Waals surface area contributed by atoms with Crippen molar-refractivity contribution in [1.82, 2.24) is 4.90 Å². The van der Waals surface area contributed by atoms with Gasteiger partial charge in [0.15, 0.2) is 5.11 Å². The predicted octanol–water partition coefficient (Wildman–Crippen LogP) is 7.33. The molecule has 1 N–H and O–H groups in total. The number of thiocarbonyl (C=S) groups is 1. The van der Waals surface area contributed by atoms with Crippen molar-refractivity contribution in [2.24, 2.45) is 0 Å². The van der Waals surface area contributed by atoms with E-state index in [0.717, 1.165) is 22.4 Å². The molecule has 1 unspecified atom stereocenters. The minimum absolute atomic E-state index is 0.517. The summed E-state index contributed by atoms with van der Waals surface area (Å²) in [5.41, 5.74) is 0.976. The monoisotopic (exact) mass is 412 g/mol. The summed E-state index contributed by atoms with van der Waals surface area (Å²) in [7, 11) is 0. The summed E-state index contributed by atoms with van der Waals surface area (Å²) >= 11 is 13.8. The van der Waals surface area contributed by atoms with Crippen LogP contribution in [0.5, 0.6) is 0 Å². The molecule has 0 amide bonds. The van der Waals surface area contributed by atoms with Crippen molar-refractivity contribution in [2.75, 3.05) is 17.6 Å². The molecule has 1 aliphatic heterocycles. The first-order valence-electron chi connectivity index (χ1n) is 10.2. The lowest BCUT2D eigenvalue weighted by atomic mass is 10.1. The van der Waals surface area contributed by atoms with Crippen LogP contribution in [0.1, 0.15) is 71.1 Å². The van der Waals surface area contributed by atoms with Gasteiger partial charge in [0.05, 0.1) is 5.37 Å². The van der Waals surface area contributed by atoms with Gasteiger partial charge >= 0.3 is 0 Å². The van der Waals surface area contributed by atoms with Crippen molar-refractivity contribution in [2.45, 2.75) is 76.5 Å². The quantitative estimate of drug-likeness (QED) is 0.319. The first kappa shape index (κ1) is 21.8. The molecular weight excluding hydrogens is 380 g/mol. The van der Waals surface area contributed by atoms with Gasteiger partial charge in [-0.1, -0.05) is 76.0 Å². The molecule has 1 aromatic carbocycles. The Hall–Kier alpha value is -0.450. The van der Waals surface area contributed by atoms with Gasteiger partial charge in [-0.05, 0) is 49.0 Å². The van der Waals surface area contributed by atoms with Crippen molar-refractivity contribution in [3.05, 3.63) is 29.3 Å². The van der Waals surface area contributed by atoms with Crippen LogP contribution in [0.25, 0.3) is 0 Å².